The van der Waals surface area contributed by atoms with Crippen LogP contribution in [0.2, 0.25) is 0 Å². The Balaban J connectivity index is 2.64. The molecular weight excluding hydrogens is 248 g/mol. The van der Waals surface area contributed by atoms with Crippen LogP contribution in [0, 0.1) is 0 Å². The Morgan fingerprint density at radius 1 is 1.29 bits per heavy atom. The zero-order chi connectivity index (χ0) is 10.6. The molecule has 0 amide bonds. The highest BCUT2D eigenvalue weighted by Crippen LogP contribution is 2.08. The number of alkyl halides is 1. The molecule has 1 aromatic carbocycles. The maximum Gasteiger partial charge on any atom is 0.339 e. The first-order chi connectivity index (χ1) is 6.61. The van der Waals surface area contributed by atoms with E-state index in [1.165, 1.54) is 6.92 Å². The van der Waals surface area contributed by atoms with Gasteiger partial charge in [-0.15, -0.1) is 0 Å². The second-order valence-electron chi connectivity index (χ2n) is 2.70. The van der Waals surface area contributed by atoms with E-state index in [4.69, 9.17) is 4.74 Å². The third-order valence-corrected chi connectivity index (χ3v) is 2.37. The van der Waals surface area contributed by atoms with Crippen LogP contribution in [0.5, 0.6) is 0 Å². The quantitative estimate of drug-likeness (QED) is 0.615. The zero-order valence-electron chi connectivity index (χ0n) is 7.57. The van der Waals surface area contributed by atoms with Crippen molar-refractivity contribution < 1.29 is 14.3 Å². The molecule has 1 atom stereocenters. The van der Waals surface area contributed by atoms with Gasteiger partial charge in [-0.05, 0) is 35.0 Å². The second kappa shape index (κ2) is 4.91. The summed E-state index contributed by atoms with van der Waals surface area (Å²) in [7, 11) is 0. The Morgan fingerprint density at radius 2 is 1.86 bits per heavy atom. The molecule has 0 radical (unpaired) electrons. The van der Waals surface area contributed by atoms with Gasteiger partial charge in [0.15, 0.2) is 5.78 Å². The number of halogens is 1. The molecule has 0 bridgehead atoms. The molecule has 0 N–H and O–H groups in total. The first kappa shape index (κ1) is 10.9. The molecule has 0 heterocycles. The normalized spacial score (nSPS) is 11.9. The SMILES string of the molecule is CC(=O)C(Br)OC(=O)c1ccccc1. The number of benzene rings is 1. The van der Waals surface area contributed by atoms with Crippen molar-refractivity contribution in [1.82, 2.24) is 0 Å². The minimum absolute atomic E-state index is 0.241. The number of hydrogen-bond donors (Lipinski definition) is 0. The lowest BCUT2D eigenvalue weighted by molar-refractivity contribution is -0.121. The molecule has 1 unspecified atom stereocenters. The maximum atomic E-state index is 11.4. The average molecular weight is 257 g/mol. The van der Waals surface area contributed by atoms with Gasteiger partial charge in [0.1, 0.15) is 0 Å². The van der Waals surface area contributed by atoms with Crippen LogP contribution in [0.1, 0.15) is 17.3 Å². The van der Waals surface area contributed by atoms with Crippen LogP contribution >= 0.6 is 15.9 Å². The van der Waals surface area contributed by atoms with Gasteiger partial charge in [0.2, 0.25) is 5.01 Å². The Hall–Kier alpha value is -1.16. The van der Waals surface area contributed by atoms with E-state index in [9.17, 15) is 9.59 Å². The van der Waals surface area contributed by atoms with E-state index < -0.39 is 11.0 Å². The number of ether oxygens (including phenoxy) is 1. The smallest absolute Gasteiger partial charge is 0.339 e. The first-order valence-electron chi connectivity index (χ1n) is 4.02. The molecule has 0 fully saturated rings. The minimum Gasteiger partial charge on any atom is -0.439 e. The highest BCUT2D eigenvalue weighted by Gasteiger charge is 2.16. The molecule has 3 nitrogen and oxygen atoms in total. The van der Waals surface area contributed by atoms with E-state index in [1.807, 2.05) is 0 Å². The second-order valence-corrected chi connectivity index (χ2v) is 3.53. The average Bonchev–Trinajstić information content (AvgIpc) is 2.19. The highest BCUT2D eigenvalue weighted by atomic mass is 79.9. The van der Waals surface area contributed by atoms with Crippen molar-refractivity contribution in [2.24, 2.45) is 0 Å². The Morgan fingerprint density at radius 3 is 2.36 bits per heavy atom. The van der Waals surface area contributed by atoms with Crippen molar-refractivity contribution in [1.29, 1.82) is 0 Å². The third kappa shape index (κ3) is 2.96. The Labute approximate surface area is 90.2 Å². The van der Waals surface area contributed by atoms with Gasteiger partial charge in [-0.25, -0.2) is 4.79 Å². The molecule has 0 aromatic heterocycles. The summed E-state index contributed by atoms with van der Waals surface area (Å²) in [5.74, 6) is -0.753. The summed E-state index contributed by atoms with van der Waals surface area (Å²) in [6.07, 6.45) is 0. The number of carbonyl (C=O) groups excluding carboxylic acids is 2. The summed E-state index contributed by atoms with van der Waals surface area (Å²) in [5, 5.41) is -0.866. The molecule has 0 saturated heterocycles. The standard InChI is InChI=1S/C10H9BrO3/c1-7(12)9(11)14-10(13)8-5-3-2-4-6-8/h2-6,9H,1H3. The first-order valence-corrected chi connectivity index (χ1v) is 4.93. The van der Waals surface area contributed by atoms with Gasteiger partial charge in [0, 0.05) is 0 Å². The van der Waals surface area contributed by atoms with Gasteiger partial charge in [0.05, 0.1) is 5.56 Å². The molecular formula is C10H9BrO3. The molecule has 0 saturated carbocycles. The van der Waals surface area contributed by atoms with Crippen molar-refractivity contribution in [2.75, 3.05) is 0 Å². The molecule has 0 aliphatic rings. The molecule has 0 spiro atoms. The van der Waals surface area contributed by atoms with Gasteiger partial charge >= 0.3 is 5.97 Å². The summed E-state index contributed by atoms with van der Waals surface area (Å²) in [4.78, 5) is 22.1. The van der Waals surface area contributed by atoms with Crippen molar-refractivity contribution >= 4 is 27.7 Å². The van der Waals surface area contributed by atoms with Crippen LogP contribution in [0.3, 0.4) is 0 Å². The monoisotopic (exact) mass is 256 g/mol. The molecule has 1 rings (SSSR count). The topological polar surface area (TPSA) is 43.4 Å². The fourth-order valence-electron chi connectivity index (χ4n) is 0.819. The van der Waals surface area contributed by atoms with Gasteiger partial charge in [-0.1, -0.05) is 18.2 Å². The van der Waals surface area contributed by atoms with Crippen LogP contribution in [-0.2, 0) is 9.53 Å². The van der Waals surface area contributed by atoms with Crippen LogP contribution in [-0.4, -0.2) is 16.8 Å². The minimum atomic E-state index is -0.866. The predicted molar refractivity (Wildman–Crippen MR) is 55.3 cm³/mol. The maximum absolute atomic E-state index is 11.4. The Bertz CT molecular complexity index is 334. The third-order valence-electron chi connectivity index (χ3n) is 1.54. The van der Waals surface area contributed by atoms with Gasteiger partial charge < -0.3 is 4.74 Å². The van der Waals surface area contributed by atoms with Gasteiger partial charge in [0.25, 0.3) is 0 Å². The van der Waals surface area contributed by atoms with Gasteiger partial charge in [-0.3, -0.25) is 4.79 Å². The van der Waals surface area contributed by atoms with E-state index in [2.05, 4.69) is 15.9 Å². The molecule has 0 aliphatic carbocycles. The predicted octanol–water partition coefficient (Wildman–Crippen LogP) is 2.15. The molecule has 1 aromatic rings. The number of esters is 1. The van der Waals surface area contributed by atoms with Crippen molar-refractivity contribution in [3.05, 3.63) is 35.9 Å². The van der Waals surface area contributed by atoms with E-state index >= 15 is 0 Å². The lowest BCUT2D eigenvalue weighted by Crippen LogP contribution is -2.18. The number of hydrogen-bond acceptors (Lipinski definition) is 3. The summed E-state index contributed by atoms with van der Waals surface area (Å²) in [6, 6.07) is 8.51. The molecule has 74 valence electrons. The number of ketones is 1. The van der Waals surface area contributed by atoms with Crippen LogP contribution < -0.4 is 0 Å². The molecule has 0 aliphatic heterocycles. The van der Waals surface area contributed by atoms with Crippen molar-refractivity contribution in [3.63, 3.8) is 0 Å². The number of rotatable bonds is 3. The van der Waals surface area contributed by atoms with E-state index in [-0.39, 0.29) is 5.78 Å². The highest BCUT2D eigenvalue weighted by molar-refractivity contribution is 9.09. The van der Waals surface area contributed by atoms with Crippen LogP contribution in [0.25, 0.3) is 0 Å². The lowest BCUT2D eigenvalue weighted by Gasteiger charge is -2.07. The van der Waals surface area contributed by atoms with Crippen molar-refractivity contribution in [2.45, 2.75) is 11.9 Å². The van der Waals surface area contributed by atoms with Crippen LogP contribution in [0.15, 0.2) is 30.3 Å². The summed E-state index contributed by atoms with van der Waals surface area (Å²) < 4.78 is 4.83. The summed E-state index contributed by atoms with van der Waals surface area (Å²) in [5.41, 5.74) is 0.429. The Kier molecular flexibility index (Phi) is 3.83. The van der Waals surface area contributed by atoms with Gasteiger partial charge in [-0.2, -0.15) is 0 Å². The van der Waals surface area contributed by atoms with E-state index in [1.54, 1.807) is 30.3 Å². The number of carbonyl (C=O) groups is 2. The fourth-order valence-corrected chi connectivity index (χ4v) is 0.989. The largest absolute Gasteiger partial charge is 0.439 e. The van der Waals surface area contributed by atoms with E-state index in [0.29, 0.717) is 5.56 Å². The lowest BCUT2D eigenvalue weighted by atomic mass is 10.2. The number of Topliss-reactive ketones (excluding diaryl/α,β-unsaturated/α-hetero) is 1. The summed E-state index contributed by atoms with van der Waals surface area (Å²) >= 11 is 2.95. The fraction of sp³-hybridized carbons (Fsp3) is 0.200. The molecule has 14 heavy (non-hydrogen) atoms. The van der Waals surface area contributed by atoms with E-state index in [0.717, 1.165) is 0 Å². The molecule has 4 heteroatoms. The van der Waals surface area contributed by atoms with Crippen molar-refractivity contribution in [3.8, 4) is 0 Å². The summed E-state index contributed by atoms with van der Waals surface area (Å²) in [6.45, 7) is 1.34. The zero-order valence-corrected chi connectivity index (χ0v) is 9.15. The van der Waals surface area contributed by atoms with Crippen LogP contribution in [0.4, 0.5) is 0 Å².